The van der Waals surface area contributed by atoms with Gasteiger partial charge in [0.15, 0.2) is 11.0 Å². The molecule has 0 saturated heterocycles. The molecule has 118 valence electrons. The molecule has 0 spiro atoms. The fourth-order valence-corrected chi connectivity index (χ4v) is 3.23. The van der Waals surface area contributed by atoms with Crippen molar-refractivity contribution in [2.45, 2.75) is 30.8 Å². The molecule has 2 aromatic rings. The highest BCUT2D eigenvalue weighted by atomic mass is 35.5. The minimum atomic E-state index is -0.206. The maximum absolute atomic E-state index is 12.0. The van der Waals surface area contributed by atoms with Gasteiger partial charge in [-0.25, -0.2) is 0 Å². The van der Waals surface area contributed by atoms with Gasteiger partial charge in [-0.05, 0) is 38.1 Å². The van der Waals surface area contributed by atoms with Gasteiger partial charge in [0.1, 0.15) is 0 Å². The quantitative estimate of drug-likeness (QED) is 0.786. The van der Waals surface area contributed by atoms with Gasteiger partial charge < -0.3 is 9.47 Å². The molecule has 0 unspecified atom stereocenters. The van der Waals surface area contributed by atoms with Crippen LogP contribution in [-0.2, 0) is 11.3 Å². The van der Waals surface area contributed by atoms with E-state index in [2.05, 4.69) is 10.2 Å². The number of benzene rings is 1. The summed E-state index contributed by atoms with van der Waals surface area (Å²) in [7, 11) is 3.51. The van der Waals surface area contributed by atoms with E-state index < -0.39 is 0 Å². The minimum absolute atomic E-state index is 0.0590. The predicted molar refractivity (Wildman–Crippen MR) is 90.2 cm³/mol. The lowest BCUT2D eigenvalue weighted by atomic mass is 10.2. The molecule has 0 bridgehead atoms. The van der Waals surface area contributed by atoms with Crippen molar-refractivity contribution < 1.29 is 4.79 Å². The average Bonchev–Trinajstić information content (AvgIpc) is 2.89. The molecule has 0 aliphatic rings. The van der Waals surface area contributed by atoms with E-state index in [1.807, 2.05) is 42.7 Å². The van der Waals surface area contributed by atoms with Crippen LogP contribution in [0.3, 0.4) is 0 Å². The van der Waals surface area contributed by atoms with E-state index in [0.717, 1.165) is 23.1 Å². The maximum Gasteiger partial charge on any atom is 0.235 e. The molecule has 0 aliphatic carbocycles. The molecule has 22 heavy (non-hydrogen) atoms. The van der Waals surface area contributed by atoms with Crippen molar-refractivity contribution in [3.8, 4) is 11.4 Å². The first-order chi connectivity index (χ1) is 10.4. The van der Waals surface area contributed by atoms with Crippen molar-refractivity contribution in [3.05, 3.63) is 29.3 Å². The Labute approximate surface area is 139 Å². The summed E-state index contributed by atoms with van der Waals surface area (Å²) in [6, 6.07) is 7.50. The number of hydrogen-bond donors (Lipinski definition) is 0. The molecule has 0 N–H and O–H groups in total. The van der Waals surface area contributed by atoms with Crippen molar-refractivity contribution in [1.29, 1.82) is 0 Å². The summed E-state index contributed by atoms with van der Waals surface area (Å²) < 4.78 is 2.01. The number of nitrogens with zero attached hydrogens (tertiary/aromatic N) is 4. The van der Waals surface area contributed by atoms with Crippen molar-refractivity contribution in [1.82, 2.24) is 19.7 Å². The summed E-state index contributed by atoms with van der Waals surface area (Å²) in [6.45, 7) is 4.64. The molecule has 0 aliphatic heterocycles. The van der Waals surface area contributed by atoms with Crippen LogP contribution in [0.15, 0.2) is 29.4 Å². The molecular formula is C15H19ClN4OS. The molecule has 1 atom stereocenters. The SMILES string of the molecule is CCn1c(S[C@@H](C)C(=O)N(C)C)nnc1-c1ccc(Cl)cc1. The van der Waals surface area contributed by atoms with Crippen LogP contribution in [0, 0.1) is 0 Å². The van der Waals surface area contributed by atoms with Crippen LogP contribution in [0.1, 0.15) is 13.8 Å². The molecule has 1 amide bonds. The highest BCUT2D eigenvalue weighted by Gasteiger charge is 2.21. The number of hydrogen-bond acceptors (Lipinski definition) is 4. The summed E-state index contributed by atoms with van der Waals surface area (Å²) in [5.74, 6) is 0.842. The average molecular weight is 339 g/mol. The first kappa shape index (κ1) is 16.8. The lowest BCUT2D eigenvalue weighted by Gasteiger charge is -2.16. The molecule has 7 heteroatoms. The predicted octanol–water partition coefficient (Wildman–Crippen LogP) is 3.19. The normalized spacial score (nSPS) is 12.2. The van der Waals surface area contributed by atoms with E-state index in [9.17, 15) is 4.79 Å². The van der Waals surface area contributed by atoms with Gasteiger partial charge in [-0.15, -0.1) is 10.2 Å². The summed E-state index contributed by atoms with van der Waals surface area (Å²) in [5, 5.41) is 9.73. The number of carbonyl (C=O) groups is 1. The van der Waals surface area contributed by atoms with E-state index in [4.69, 9.17) is 11.6 Å². The second kappa shape index (κ2) is 7.15. The van der Waals surface area contributed by atoms with Crippen LogP contribution < -0.4 is 0 Å². The van der Waals surface area contributed by atoms with Gasteiger partial charge in [-0.1, -0.05) is 23.4 Å². The van der Waals surface area contributed by atoms with E-state index in [1.165, 1.54) is 11.8 Å². The number of halogens is 1. The smallest absolute Gasteiger partial charge is 0.235 e. The van der Waals surface area contributed by atoms with E-state index in [-0.39, 0.29) is 11.2 Å². The van der Waals surface area contributed by atoms with Crippen molar-refractivity contribution in [2.75, 3.05) is 14.1 Å². The number of rotatable bonds is 5. The van der Waals surface area contributed by atoms with Gasteiger partial charge in [0.25, 0.3) is 0 Å². The maximum atomic E-state index is 12.0. The third kappa shape index (κ3) is 3.62. The Morgan fingerprint density at radius 3 is 2.50 bits per heavy atom. The molecule has 1 aromatic carbocycles. The molecule has 1 heterocycles. The lowest BCUT2D eigenvalue weighted by molar-refractivity contribution is -0.127. The van der Waals surface area contributed by atoms with Crippen LogP contribution in [0.4, 0.5) is 0 Å². The Bertz CT molecular complexity index is 654. The Morgan fingerprint density at radius 1 is 1.32 bits per heavy atom. The number of aromatic nitrogens is 3. The van der Waals surface area contributed by atoms with E-state index in [0.29, 0.717) is 5.02 Å². The van der Waals surface area contributed by atoms with Gasteiger partial charge in [0, 0.05) is 31.2 Å². The van der Waals surface area contributed by atoms with Gasteiger partial charge in [-0.3, -0.25) is 4.79 Å². The summed E-state index contributed by atoms with van der Waals surface area (Å²) in [6.07, 6.45) is 0. The minimum Gasteiger partial charge on any atom is -0.348 e. The molecular weight excluding hydrogens is 320 g/mol. The molecule has 0 saturated carbocycles. The van der Waals surface area contributed by atoms with Gasteiger partial charge in [0.2, 0.25) is 5.91 Å². The molecule has 1 aromatic heterocycles. The molecule has 2 rings (SSSR count). The van der Waals surface area contributed by atoms with Crippen LogP contribution in [0.2, 0.25) is 5.02 Å². The highest BCUT2D eigenvalue weighted by molar-refractivity contribution is 8.00. The number of amides is 1. The first-order valence-corrected chi connectivity index (χ1v) is 8.26. The Morgan fingerprint density at radius 2 is 1.95 bits per heavy atom. The van der Waals surface area contributed by atoms with Crippen molar-refractivity contribution in [3.63, 3.8) is 0 Å². The summed E-state index contributed by atoms with van der Waals surface area (Å²) >= 11 is 7.34. The number of carbonyl (C=O) groups excluding carboxylic acids is 1. The zero-order valence-corrected chi connectivity index (χ0v) is 14.6. The first-order valence-electron chi connectivity index (χ1n) is 7.01. The fraction of sp³-hybridized carbons (Fsp3) is 0.400. The number of thioether (sulfide) groups is 1. The topological polar surface area (TPSA) is 51.0 Å². The largest absolute Gasteiger partial charge is 0.348 e. The van der Waals surface area contributed by atoms with Crippen molar-refractivity contribution in [2.24, 2.45) is 0 Å². The Hall–Kier alpha value is -1.53. The zero-order chi connectivity index (χ0) is 16.3. The Balaban J connectivity index is 2.28. The third-order valence-corrected chi connectivity index (χ3v) is 4.53. The molecule has 5 nitrogen and oxygen atoms in total. The summed E-state index contributed by atoms with van der Waals surface area (Å²) in [5.41, 5.74) is 0.956. The van der Waals surface area contributed by atoms with Crippen molar-refractivity contribution >= 4 is 29.3 Å². The second-order valence-corrected chi connectivity index (χ2v) is 6.79. The third-order valence-electron chi connectivity index (χ3n) is 3.21. The van der Waals surface area contributed by atoms with Crippen LogP contribution in [0.5, 0.6) is 0 Å². The van der Waals surface area contributed by atoms with Gasteiger partial charge in [0.05, 0.1) is 5.25 Å². The Kier molecular flexibility index (Phi) is 5.47. The molecule has 0 radical (unpaired) electrons. The van der Waals surface area contributed by atoms with Crippen LogP contribution >= 0.6 is 23.4 Å². The molecule has 0 fully saturated rings. The second-order valence-electron chi connectivity index (χ2n) is 5.05. The zero-order valence-electron chi connectivity index (χ0n) is 13.1. The standard InChI is InChI=1S/C15H19ClN4OS/c1-5-20-13(11-6-8-12(16)9-7-11)17-18-15(20)22-10(2)14(21)19(3)4/h6-10H,5H2,1-4H3/t10-/m0/s1. The van der Waals surface area contributed by atoms with Crippen LogP contribution in [0.25, 0.3) is 11.4 Å². The lowest BCUT2D eigenvalue weighted by Crippen LogP contribution is -2.29. The van der Waals surface area contributed by atoms with Crippen LogP contribution in [-0.4, -0.2) is 44.9 Å². The fourth-order valence-electron chi connectivity index (χ4n) is 2.05. The van der Waals surface area contributed by atoms with E-state index in [1.54, 1.807) is 19.0 Å². The van der Waals surface area contributed by atoms with Gasteiger partial charge >= 0.3 is 0 Å². The summed E-state index contributed by atoms with van der Waals surface area (Å²) in [4.78, 5) is 13.6. The van der Waals surface area contributed by atoms with E-state index >= 15 is 0 Å². The van der Waals surface area contributed by atoms with Gasteiger partial charge in [-0.2, -0.15) is 0 Å². The highest BCUT2D eigenvalue weighted by Crippen LogP contribution is 2.27. The monoisotopic (exact) mass is 338 g/mol.